The molecule has 1 aromatic rings. The van der Waals surface area contributed by atoms with Crippen LogP contribution in [0.4, 0.5) is 0 Å². The van der Waals surface area contributed by atoms with Crippen molar-refractivity contribution >= 4 is 17.7 Å². The average Bonchev–Trinajstić information content (AvgIpc) is 2.98. The summed E-state index contributed by atoms with van der Waals surface area (Å²) in [6.07, 6.45) is 1.12. The topological polar surface area (TPSA) is 37.3 Å². The van der Waals surface area contributed by atoms with Crippen LogP contribution in [0.1, 0.15) is 24.8 Å². The van der Waals surface area contributed by atoms with E-state index in [2.05, 4.69) is 12.1 Å². The summed E-state index contributed by atoms with van der Waals surface area (Å²) in [4.78, 5) is 10.7. The van der Waals surface area contributed by atoms with Crippen molar-refractivity contribution in [2.75, 3.05) is 0 Å². The van der Waals surface area contributed by atoms with Gasteiger partial charge in [-0.1, -0.05) is 30.3 Å². The van der Waals surface area contributed by atoms with Crippen LogP contribution in [-0.2, 0) is 4.79 Å². The molecule has 0 spiro atoms. The first-order chi connectivity index (χ1) is 7.18. The van der Waals surface area contributed by atoms with E-state index in [0.717, 1.165) is 6.42 Å². The lowest BCUT2D eigenvalue weighted by Gasteiger charge is -2.05. The average molecular weight is 222 g/mol. The second-order valence-electron chi connectivity index (χ2n) is 3.91. The molecule has 0 bridgehead atoms. The van der Waals surface area contributed by atoms with Crippen LogP contribution in [0.15, 0.2) is 30.3 Å². The van der Waals surface area contributed by atoms with Gasteiger partial charge in [0.05, 0.1) is 5.25 Å². The van der Waals surface area contributed by atoms with Gasteiger partial charge in [0, 0.05) is 5.25 Å². The predicted octanol–water partition coefficient (Wildman–Crippen LogP) is 2.75. The quantitative estimate of drug-likeness (QED) is 0.851. The molecule has 3 unspecified atom stereocenters. The summed E-state index contributed by atoms with van der Waals surface area (Å²) in [5.41, 5.74) is 1.34. The van der Waals surface area contributed by atoms with Crippen molar-refractivity contribution in [1.29, 1.82) is 0 Å². The highest BCUT2D eigenvalue weighted by atomic mass is 32.2. The van der Waals surface area contributed by atoms with Gasteiger partial charge in [-0.15, -0.1) is 11.8 Å². The lowest BCUT2D eigenvalue weighted by Crippen LogP contribution is -2.12. The first-order valence-electron chi connectivity index (χ1n) is 5.11. The molecule has 3 atom stereocenters. The van der Waals surface area contributed by atoms with Crippen molar-refractivity contribution in [3.05, 3.63) is 35.9 Å². The van der Waals surface area contributed by atoms with Gasteiger partial charge in [0.1, 0.15) is 0 Å². The number of benzene rings is 1. The zero-order chi connectivity index (χ0) is 10.8. The van der Waals surface area contributed by atoms with E-state index in [1.807, 2.05) is 18.2 Å². The van der Waals surface area contributed by atoms with Crippen molar-refractivity contribution in [3.63, 3.8) is 0 Å². The van der Waals surface area contributed by atoms with Gasteiger partial charge in [-0.05, 0) is 24.8 Å². The Morgan fingerprint density at radius 1 is 1.47 bits per heavy atom. The fraction of sp³-hybridized carbons (Fsp3) is 0.417. The summed E-state index contributed by atoms with van der Waals surface area (Å²) >= 11 is 1.58. The number of rotatable bonds is 4. The number of aliphatic carboxylic acids is 1. The highest BCUT2D eigenvalue weighted by Crippen LogP contribution is 2.50. The van der Waals surface area contributed by atoms with Crippen LogP contribution < -0.4 is 0 Å². The fourth-order valence-electron chi connectivity index (χ4n) is 1.69. The minimum atomic E-state index is -0.710. The molecule has 1 aliphatic carbocycles. The lowest BCUT2D eigenvalue weighted by atomic mass is 10.1. The van der Waals surface area contributed by atoms with Crippen LogP contribution in [0, 0.1) is 0 Å². The monoisotopic (exact) mass is 222 g/mol. The van der Waals surface area contributed by atoms with Crippen LogP contribution in [-0.4, -0.2) is 21.6 Å². The summed E-state index contributed by atoms with van der Waals surface area (Å²) < 4.78 is 0. The van der Waals surface area contributed by atoms with E-state index in [9.17, 15) is 4.79 Å². The number of hydrogen-bond donors (Lipinski definition) is 1. The van der Waals surface area contributed by atoms with Crippen molar-refractivity contribution in [1.82, 2.24) is 0 Å². The zero-order valence-corrected chi connectivity index (χ0v) is 9.41. The van der Waals surface area contributed by atoms with Crippen LogP contribution in [0.5, 0.6) is 0 Å². The van der Waals surface area contributed by atoms with E-state index in [1.165, 1.54) is 5.56 Å². The third kappa shape index (κ3) is 2.53. The molecule has 0 saturated heterocycles. The third-order valence-corrected chi connectivity index (χ3v) is 4.17. The van der Waals surface area contributed by atoms with Gasteiger partial charge >= 0.3 is 5.97 Å². The summed E-state index contributed by atoms with van der Waals surface area (Å²) in [7, 11) is 0. The Bertz CT molecular complexity index is 350. The first-order valence-corrected chi connectivity index (χ1v) is 6.06. The molecule has 1 fully saturated rings. The number of thioether (sulfide) groups is 1. The van der Waals surface area contributed by atoms with E-state index in [0.29, 0.717) is 11.2 Å². The molecular weight excluding hydrogens is 208 g/mol. The smallest absolute Gasteiger partial charge is 0.316 e. The van der Waals surface area contributed by atoms with Gasteiger partial charge in [0.25, 0.3) is 0 Å². The van der Waals surface area contributed by atoms with Crippen molar-refractivity contribution in [2.45, 2.75) is 29.8 Å². The Kier molecular flexibility index (Phi) is 3.00. The Labute approximate surface area is 93.7 Å². The molecule has 0 heterocycles. The van der Waals surface area contributed by atoms with Gasteiger partial charge in [-0.25, -0.2) is 0 Å². The number of carbonyl (C=O) groups is 1. The summed E-state index contributed by atoms with van der Waals surface area (Å²) in [5, 5.41) is 9.01. The normalized spacial score (nSPS) is 25.9. The van der Waals surface area contributed by atoms with Gasteiger partial charge in [0.2, 0.25) is 0 Å². The van der Waals surface area contributed by atoms with Gasteiger partial charge < -0.3 is 5.11 Å². The van der Waals surface area contributed by atoms with Gasteiger partial charge in [0.15, 0.2) is 0 Å². The van der Waals surface area contributed by atoms with Crippen molar-refractivity contribution in [2.24, 2.45) is 0 Å². The van der Waals surface area contributed by atoms with Crippen LogP contribution in [0.2, 0.25) is 0 Å². The maximum atomic E-state index is 10.7. The van der Waals surface area contributed by atoms with Gasteiger partial charge in [-0.2, -0.15) is 0 Å². The van der Waals surface area contributed by atoms with E-state index < -0.39 is 5.97 Å². The molecular formula is C12H14O2S. The third-order valence-electron chi connectivity index (χ3n) is 2.69. The minimum Gasteiger partial charge on any atom is -0.480 e. The second kappa shape index (κ2) is 4.27. The van der Waals surface area contributed by atoms with Crippen molar-refractivity contribution < 1.29 is 9.90 Å². The maximum Gasteiger partial charge on any atom is 0.316 e. The predicted molar refractivity (Wildman–Crippen MR) is 62.3 cm³/mol. The molecule has 1 N–H and O–H groups in total. The van der Waals surface area contributed by atoms with E-state index in [1.54, 1.807) is 18.7 Å². The van der Waals surface area contributed by atoms with Crippen LogP contribution in [0.3, 0.4) is 0 Å². The molecule has 1 saturated carbocycles. The number of carboxylic acids is 1. The van der Waals surface area contributed by atoms with Crippen molar-refractivity contribution in [3.8, 4) is 0 Å². The molecule has 15 heavy (non-hydrogen) atoms. The SMILES string of the molecule is CC(SC1CC1c1ccccc1)C(=O)O. The fourth-order valence-corrected chi connectivity index (χ4v) is 3.00. The largest absolute Gasteiger partial charge is 0.480 e. The molecule has 0 aromatic heterocycles. The molecule has 0 radical (unpaired) electrons. The number of carboxylic acid groups (broad SMARTS) is 1. The molecule has 1 aromatic carbocycles. The molecule has 2 nitrogen and oxygen atoms in total. The first kappa shape index (κ1) is 10.6. The Hall–Kier alpha value is -0.960. The summed E-state index contributed by atoms with van der Waals surface area (Å²) in [6.45, 7) is 1.76. The maximum absolute atomic E-state index is 10.7. The standard InChI is InChI=1S/C12H14O2S/c1-8(12(13)14)15-11-7-10(11)9-5-3-2-4-6-9/h2-6,8,10-11H,7H2,1H3,(H,13,14). The van der Waals surface area contributed by atoms with Gasteiger partial charge in [-0.3, -0.25) is 4.79 Å². The van der Waals surface area contributed by atoms with Crippen LogP contribution in [0.25, 0.3) is 0 Å². The Balaban J connectivity index is 1.89. The molecule has 2 rings (SSSR count). The molecule has 0 amide bonds. The van der Waals surface area contributed by atoms with E-state index in [4.69, 9.17) is 5.11 Å². The molecule has 3 heteroatoms. The molecule has 80 valence electrons. The van der Waals surface area contributed by atoms with E-state index >= 15 is 0 Å². The second-order valence-corrected chi connectivity index (χ2v) is 5.49. The molecule has 1 aliphatic rings. The Morgan fingerprint density at radius 2 is 2.13 bits per heavy atom. The Morgan fingerprint density at radius 3 is 2.73 bits per heavy atom. The minimum absolute atomic E-state index is 0.288. The molecule has 0 aliphatic heterocycles. The van der Waals surface area contributed by atoms with E-state index in [-0.39, 0.29) is 5.25 Å². The highest BCUT2D eigenvalue weighted by Gasteiger charge is 2.40. The zero-order valence-electron chi connectivity index (χ0n) is 8.59. The summed E-state index contributed by atoms with van der Waals surface area (Å²) in [6, 6.07) is 10.3. The number of hydrogen-bond acceptors (Lipinski definition) is 2. The highest BCUT2D eigenvalue weighted by molar-refractivity contribution is 8.01. The van der Waals surface area contributed by atoms with Crippen LogP contribution >= 0.6 is 11.8 Å². The summed E-state index contributed by atoms with van der Waals surface area (Å²) in [5.74, 6) is -0.142. The lowest BCUT2D eigenvalue weighted by molar-refractivity contribution is -0.136.